The molecule has 0 bridgehead atoms. The van der Waals surface area contributed by atoms with Crippen molar-refractivity contribution in [3.8, 4) is 5.75 Å². The van der Waals surface area contributed by atoms with Gasteiger partial charge < -0.3 is 9.64 Å². The lowest BCUT2D eigenvalue weighted by Crippen LogP contribution is -2.49. The van der Waals surface area contributed by atoms with Crippen molar-refractivity contribution in [2.75, 3.05) is 43.9 Å². The Morgan fingerprint density at radius 2 is 1.88 bits per heavy atom. The van der Waals surface area contributed by atoms with E-state index in [1.807, 2.05) is 42.5 Å². The second-order valence-corrected chi connectivity index (χ2v) is 8.06. The van der Waals surface area contributed by atoms with E-state index in [-0.39, 0.29) is 5.75 Å². The van der Waals surface area contributed by atoms with Gasteiger partial charge in [-0.25, -0.2) is 8.42 Å². The van der Waals surface area contributed by atoms with Crippen LogP contribution in [0.4, 0.5) is 5.69 Å². The molecule has 0 aliphatic carbocycles. The zero-order valence-corrected chi connectivity index (χ0v) is 15.2. The van der Waals surface area contributed by atoms with E-state index >= 15 is 0 Å². The highest BCUT2D eigenvalue weighted by atomic mass is 32.2. The zero-order valence-electron chi connectivity index (χ0n) is 14.3. The molecule has 1 fully saturated rings. The molecule has 134 valence electrons. The molecule has 7 heteroatoms. The third kappa shape index (κ3) is 4.49. The number of hydrogen-bond acceptors (Lipinski definition) is 5. The van der Waals surface area contributed by atoms with Crippen LogP contribution < -0.4 is 9.64 Å². The van der Waals surface area contributed by atoms with E-state index in [1.54, 1.807) is 17.6 Å². The Morgan fingerprint density at radius 1 is 1.08 bits per heavy atom. The number of aryl methyl sites for hydroxylation is 1. The van der Waals surface area contributed by atoms with Gasteiger partial charge in [0.05, 0.1) is 12.9 Å². The summed E-state index contributed by atoms with van der Waals surface area (Å²) in [7, 11) is -1.61. The molecule has 6 nitrogen and oxygen atoms in total. The number of hydrogen-bond donors (Lipinski definition) is 0. The van der Waals surface area contributed by atoms with Gasteiger partial charge in [-0.1, -0.05) is 12.1 Å². The Hall–Kier alpha value is -2.12. The van der Waals surface area contributed by atoms with Crippen molar-refractivity contribution in [1.82, 2.24) is 9.29 Å². The number of sulfonamides is 1. The number of piperazine rings is 1. The van der Waals surface area contributed by atoms with E-state index in [9.17, 15) is 8.42 Å². The van der Waals surface area contributed by atoms with Crippen molar-refractivity contribution in [1.29, 1.82) is 0 Å². The topological polar surface area (TPSA) is 62.7 Å². The van der Waals surface area contributed by atoms with E-state index in [0.717, 1.165) is 17.1 Å². The van der Waals surface area contributed by atoms with Crippen molar-refractivity contribution < 1.29 is 13.2 Å². The second-order valence-electron chi connectivity index (χ2n) is 5.97. The average molecular weight is 361 g/mol. The lowest BCUT2D eigenvalue weighted by Gasteiger charge is -2.35. The van der Waals surface area contributed by atoms with Crippen molar-refractivity contribution >= 4 is 15.7 Å². The van der Waals surface area contributed by atoms with Crippen LogP contribution in [0.5, 0.6) is 5.75 Å². The van der Waals surface area contributed by atoms with Gasteiger partial charge in [-0.3, -0.25) is 4.98 Å². The second kappa shape index (κ2) is 7.84. The maximum Gasteiger partial charge on any atom is 0.214 e. The van der Waals surface area contributed by atoms with Crippen LogP contribution in [-0.2, 0) is 16.4 Å². The van der Waals surface area contributed by atoms with Crippen LogP contribution in [-0.4, -0.2) is 56.7 Å². The SMILES string of the molecule is COc1cccc(N2CCN(S(=O)(=O)CCc3ccccn3)CC2)c1. The molecule has 25 heavy (non-hydrogen) atoms. The number of methoxy groups -OCH3 is 1. The first-order valence-electron chi connectivity index (χ1n) is 8.35. The molecule has 0 N–H and O–H groups in total. The Bertz CT molecular complexity index is 788. The van der Waals surface area contributed by atoms with Crippen molar-refractivity contribution in [3.63, 3.8) is 0 Å². The molecule has 1 saturated heterocycles. The summed E-state index contributed by atoms with van der Waals surface area (Å²) < 4.78 is 32.0. The Morgan fingerprint density at radius 3 is 2.56 bits per heavy atom. The van der Waals surface area contributed by atoms with Gasteiger partial charge >= 0.3 is 0 Å². The molecule has 2 aromatic rings. The highest BCUT2D eigenvalue weighted by molar-refractivity contribution is 7.89. The summed E-state index contributed by atoms with van der Waals surface area (Å²) in [5.74, 6) is 0.909. The molecule has 0 unspecified atom stereocenters. The minimum absolute atomic E-state index is 0.100. The summed E-state index contributed by atoms with van der Waals surface area (Å²) in [6, 6.07) is 13.4. The van der Waals surface area contributed by atoms with Crippen LogP contribution in [0.1, 0.15) is 5.69 Å². The van der Waals surface area contributed by atoms with Gasteiger partial charge in [0.2, 0.25) is 10.0 Å². The fourth-order valence-electron chi connectivity index (χ4n) is 2.94. The van der Waals surface area contributed by atoms with Crippen LogP contribution in [0.15, 0.2) is 48.7 Å². The first-order valence-corrected chi connectivity index (χ1v) is 9.96. The fraction of sp³-hybridized carbons (Fsp3) is 0.389. The van der Waals surface area contributed by atoms with E-state index in [0.29, 0.717) is 32.6 Å². The van der Waals surface area contributed by atoms with Crippen LogP contribution in [0.25, 0.3) is 0 Å². The van der Waals surface area contributed by atoms with Gasteiger partial charge in [-0.2, -0.15) is 4.31 Å². The Balaban J connectivity index is 1.57. The number of anilines is 1. The molecule has 0 atom stereocenters. The summed E-state index contributed by atoms with van der Waals surface area (Å²) >= 11 is 0. The van der Waals surface area contributed by atoms with Gasteiger partial charge in [0, 0.05) is 56.2 Å². The molecule has 0 saturated carbocycles. The first-order chi connectivity index (χ1) is 12.1. The number of aromatic nitrogens is 1. The van der Waals surface area contributed by atoms with E-state index in [1.165, 1.54) is 0 Å². The fourth-order valence-corrected chi connectivity index (χ4v) is 4.39. The van der Waals surface area contributed by atoms with Crippen LogP contribution in [0.2, 0.25) is 0 Å². The number of ether oxygens (including phenoxy) is 1. The summed E-state index contributed by atoms with van der Waals surface area (Å²) in [5, 5.41) is 0. The minimum atomic E-state index is -3.26. The van der Waals surface area contributed by atoms with Crippen molar-refractivity contribution in [2.45, 2.75) is 6.42 Å². The van der Waals surface area contributed by atoms with Crippen LogP contribution in [0.3, 0.4) is 0 Å². The molecule has 0 spiro atoms. The van der Waals surface area contributed by atoms with Crippen LogP contribution >= 0.6 is 0 Å². The Kier molecular flexibility index (Phi) is 5.55. The lowest BCUT2D eigenvalue weighted by atomic mass is 10.2. The van der Waals surface area contributed by atoms with Crippen molar-refractivity contribution in [3.05, 3.63) is 54.4 Å². The highest BCUT2D eigenvalue weighted by Crippen LogP contribution is 2.22. The molecule has 0 amide bonds. The molecule has 3 rings (SSSR count). The van der Waals surface area contributed by atoms with Gasteiger partial charge in [0.15, 0.2) is 0 Å². The van der Waals surface area contributed by atoms with E-state index in [2.05, 4.69) is 9.88 Å². The maximum atomic E-state index is 12.6. The first kappa shape index (κ1) is 17.7. The molecular formula is C18H23N3O3S. The van der Waals surface area contributed by atoms with Gasteiger partial charge in [0.1, 0.15) is 5.75 Å². The van der Waals surface area contributed by atoms with Crippen molar-refractivity contribution in [2.24, 2.45) is 0 Å². The van der Waals surface area contributed by atoms with Gasteiger partial charge in [-0.15, -0.1) is 0 Å². The largest absolute Gasteiger partial charge is 0.497 e. The van der Waals surface area contributed by atoms with E-state index in [4.69, 9.17) is 4.74 Å². The molecule has 2 heterocycles. The standard InChI is InChI=1S/C18H23N3O3S/c1-24-18-7-4-6-17(15-18)20-10-12-21(13-11-20)25(22,23)14-8-16-5-2-3-9-19-16/h2-7,9,15H,8,10-14H2,1H3. The summed E-state index contributed by atoms with van der Waals surface area (Å²) in [6.07, 6.45) is 2.13. The van der Waals surface area contributed by atoms with Gasteiger partial charge in [-0.05, 0) is 24.3 Å². The molecule has 0 radical (unpaired) electrons. The molecule has 1 aliphatic rings. The maximum absolute atomic E-state index is 12.6. The van der Waals surface area contributed by atoms with Gasteiger partial charge in [0.25, 0.3) is 0 Å². The third-order valence-electron chi connectivity index (χ3n) is 4.39. The molecule has 1 aromatic carbocycles. The summed E-state index contributed by atoms with van der Waals surface area (Å²) in [6.45, 7) is 2.36. The monoisotopic (exact) mass is 361 g/mol. The number of benzene rings is 1. The predicted octanol–water partition coefficient (Wildman–Crippen LogP) is 1.78. The highest BCUT2D eigenvalue weighted by Gasteiger charge is 2.27. The quantitative estimate of drug-likeness (QED) is 0.785. The number of nitrogens with zero attached hydrogens (tertiary/aromatic N) is 3. The lowest BCUT2D eigenvalue weighted by molar-refractivity contribution is 0.384. The smallest absolute Gasteiger partial charge is 0.214 e. The van der Waals surface area contributed by atoms with E-state index < -0.39 is 10.0 Å². The predicted molar refractivity (Wildman–Crippen MR) is 98.5 cm³/mol. The molecule has 1 aromatic heterocycles. The average Bonchev–Trinajstić information content (AvgIpc) is 2.67. The summed E-state index contributed by atoms with van der Waals surface area (Å²) in [5.41, 5.74) is 1.87. The summed E-state index contributed by atoms with van der Waals surface area (Å²) in [4.78, 5) is 6.38. The molecular weight excluding hydrogens is 338 g/mol. The minimum Gasteiger partial charge on any atom is -0.497 e. The Labute approximate surface area is 149 Å². The van der Waals surface area contributed by atoms with Crippen LogP contribution in [0, 0.1) is 0 Å². The normalized spacial score (nSPS) is 16.0. The third-order valence-corrected chi connectivity index (χ3v) is 6.26. The zero-order chi connectivity index (χ0) is 17.7. The number of rotatable bonds is 6. The molecule has 1 aliphatic heterocycles. The number of pyridine rings is 1.